The van der Waals surface area contributed by atoms with Crippen LogP contribution in [0.2, 0.25) is 5.02 Å². The first kappa shape index (κ1) is 14.3. The van der Waals surface area contributed by atoms with E-state index in [0.717, 1.165) is 25.8 Å². The molecule has 0 aliphatic rings. The number of halogens is 2. The molecular formula is C14H11ClIN5. The van der Waals surface area contributed by atoms with E-state index in [4.69, 9.17) is 11.6 Å². The molecule has 0 aliphatic heterocycles. The van der Waals surface area contributed by atoms with Gasteiger partial charge in [-0.2, -0.15) is 4.68 Å². The summed E-state index contributed by atoms with van der Waals surface area (Å²) in [4.78, 5) is 0. The van der Waals surface area contributed by atoms with Gasteiger partial charge in [0.15, 0.2) is 5.82 Å². The number of anilines is 1. The standard InChI is InChI=1S/C14H11ClIN5/c15-10-6-7-13(12(16)8-10)17-9-14-18-19-20-21(14)11-4-2-1-3-5-11/h1-8,17H,9H2. The van der Waals surface area contributed by atoms with E-state index in [-0.39, 0.29) is 0 Å². The van der Waals surface area contributed by atoms with Gasteiger partial charge in [0.05, 0.1) is 12.2 Å². The summed E-state index contributed by atoms with van der Waals surface area (Å²) in [5.74, 6) is 0.743. The lowest BCUT2D eigenvalue weighted by Crippen LogP contribution is -2.09. The van der Waals surface area contributed by atoms with Crippen molar-refractivity contribution in [1.29, 1.82) is 0 Å². The van der Waals surface area contributed by atoms with Crippen LogP contribution in [0, 0.1) is 3.57 Å². The zero-order valence-corrected chi connectivity index (χ0v) is 13.8. The van der Waals surface area contributed by atoms with Gasteiger partial charge in [0.1, 0.15) is 0 Å². The highest BCUT2D eigenvalue weighted by molar-refractivity contribution is 14.1. The summed E-state index contributed by atoms with van der Waals surface area (Å²) in [5.41, 5.74) is 1.94. The topological polar surface area (TPSA) is 55.6 Å². The maximum Gasteiger partial charge on any atom is 0.175 e. The second kappa shape index (κ2) is 6.40. The number of benzene rings is 2. The zero-order valence-electron chi connectivity index (χ0n) is 10.9. The highest BCUT2D eigenvalue weighted by atomic mass is 127. The number of nitrogens with zero attached hydrogens (tertiary/aromatic N) is 4. The monoisotopic (exact) mass is 411 g/mol. The molecule has 3 rings (SSSR count). The Kier molecular flexibility index (Phi) is 4.35. The van der Waals surface area contributed by atoms with Crippen LogP contribution in [0.5, 0.6) is 0 Å². The average Bonchev–Trinajstić information content (AvgIpc) is 2.96. The van der Waals surface area contributed by atoms with E-state index in [1.54, 1.807) is 4.68 Å². The van der Waals surface area contributed by atoms with Gasteiger partial charge in [-0.15, -0.1) is 5.10 Å². The highest BCUT2D eigenvalue weighted by Crippen LogP contribution is 2.22. The largest absolute Gasteiger partial charge is 0.377 e. The molecule has 1 heterocycles. The molecule has 1 aromatic heterocycles. The van der Waals surface area contributed by atoms with Crippen LogP contribution in [0.25, 0.3) is 5.69 Å². The lowest BCUT2D eigenvalue weighted by Gasteiger charge is -2.09. The maximum absolute atomic E-state index is 5.95. The van der Waals surface area contributed by atoms with Gasteiger partial charge in [-0.3, -0.25) is 0 Å². The van der Waals surface area contributed by atoms with Crippen molar-refractivity contribution >= 4 is 39.9 Å². The first-order valence-electron chi connectivity index (χ1n) is 6.25. The molecule has 0 bridgehead atoms. The Labute approximate surface area is 140 Å². The Morgan fingerprint density at radius 2 is 1.95 bits per heavy atom. The summed E-state index contributed by atoms with van der Waals surface area (Å²) in [6, 6.07) is 15.5. The molecule has 0 amide bonds. The minimum atomic E-state index is 0.527. The number of tetrazole rings is 1. The van der Waals surface area contributed by atoms with Crippen LogP contribution in [0.1, 0.15) is 5.82 Å². The number of hydrogen-bond acceptors (Lipinski definition) is 4. The molecular weight excluding hydrogens is 401 g/mol. The molecule has 1 N–H and O–H groups in total. The molecule has 0 aliphatic carbocycles. The Morgan fingerprint density at radius 1 is 1.14 bits per heavy atom. The molecule has 7 heteroatoms. The van der Waals surface area contributed by atoms with Crippen molar-refractivity contribution in [3.8, 4) is 5.69 Å². The molecule has 21 heavy (non-hydrogen) atoms. The van der Waals surface area contributed by atoms with E-state index >= 15 is 0 Å². The number of nitrogens with one attached hydrogen (secondary N) is 1. The van der Waals surface area contributed by atoms with Gasteiger partial charge < -0.3 is 5.32 Å². The van der Waals surface area contributed by atoms with Crippen LogP contribution in [0.3, 0.4) is 0 Å². The number of aromatic nitrogens is 4. The molecule has 2 aromatic carbocycles. The van der Waals surface area contributed by atoms with Crippen LogP contribution in [0.15, 0.2) is 48.5 Å². The van der Waals surface area contributed by atoms with Gasteiger partial charge in [0, 0.05) is 14.3 Å². The van der Waals surface area contributed by atoms with Crippen LogP contribution >= 0.6 is 34.2 Å². The van der Waals surface area contributed by atoms with E-state index < -0.39 is 0 Å². The zero-order chi connectivity index (χ0) is 14.7. The van der Waals surface area contributed by atoms with E-state index in [9.17, 15) is 0 Å². The Bertz CT molecular complexity index is 744. The minimum Gasteiger partial charge on any atom is -0.377 e. The molecule has 0 unspecified atom stereocenters. The van der Waals surface area contributed by atoms with Crippen molar-refractivity contribution in [2.75, 3.05) is 5.32 Å². The van der Waals surface area contributed by atoms with Gasteiger partial charge in [-0.1, -0.05) is 29.8 Å². The Morgan fingerprint density at radius 3 is 2.71 bits per heavy atom. The van der Waals surface area contributed by atoms with Gasteiger partial charge >= 0.3 is 0 Å². The van der Waals surface area contributed by atoms with Gasteiger partial charge in [0.25, 0.3) is 0 Å². The fourth-order valence-corrected chi connectivity index (χ4v) is 2.95. The predicted molar refractivity (Wildman–Crippen MR) is 90.6 cm³/mol. The third-order valence-corrected chi connectivity index (χ3v) is 4.03. The molecule has 106 valence electrons. The summed E-state index contributed by atoms with van der Waals surface area (Å²) in [6.07, 6.45) is 0. The van der Waals surface area contributed by atoms with Crippen molar-refractivity contribution in [1.82, 2.24) is 20.2 Å². The highest BCUT2D eigenvalue weighted by Gasteiger charge is 2.08. The van der Waals surface area contributed by atoms with Crippen LogP contribution in [-0.2, 0) is 6.54 Å². The van der Waals surface area contributed by atoms with Crippen LogP contribution in [0.4, 0.5) is 5.69 Å². The molecule has 0 spiro atoms. The van der Waals surface area contributed by atoms with E-state index in [0.29, 0.717) is 6.54 Å². The van der Waals surface area contributed by atoms with E-state index in [1.165, 1.54) is 0 Å². The number of hydrogen-bond donors (Lipinski definition) is 1. The van der Waals surface area contributed by atoms with E-state index in [2.05, 4.69) is 43.4 Å². The first-order chi connectivity index (χ1) is 10.2. The van der Waals surface area contributed by atoms with Crippen LogP contribution < -0.4 is 5.32 Å². The second-order valence-corrected chi connectivity index (χ2v) is 5.92. The molecule has 0 fully saturated rings. The fourth-order valence-electron chi connectivity index (χ4n) is 1.89. The SMILES string of the molecule is Clc1ccc(NCc2nnnn2-c2ccccc2)c(I)c1. The molecule has 0 atom stereocenters. The van der Waals surface area contributed by atoms with Crippen molar-refractivity contribution in [2.45, 2.75) is 6.54 Å². The molecule has 3 aromatic rings. The molecule has 0 saturated carbocycles. The van der Waals surface area contributed by atoms with E-state index in [1.807, 2.05) is 48.5 Å². The van der Waals surface area contributed by atoms with Crippen LogP contribution in [-0.4, -0.2) is 20.2 Å². The predicted octanol–water partition coefficient (Wildman–Crippen LogP) is 3.53. The quantitative estimate of drug-likeness (QED) is 0.667. The van der Waals surface area contributed by atoms with Crippen molar-refractivity contribution in [2.24, 2.45) is 0 Å². The first-order valence-corrected chi connectivity index (χ1v) is 7.71. The average molecular weight is 412 g/mol. The summed E-state index contributed by atoms with van der Waals surface area (Å²) in [7, 11) is 0. The van der Waals surface area contributed by atoms with Gasteiger partial charge in [-0.25, -0.2) is 0 Å². The smallest absolute Gasteiger partial charge is 0.175 e. The lowest BCUT2D eigenvalue weighted by atomic mass is 10.3. The summed E-state index contributed by atoms with van der Waals surface area (Å²) < 4.78 is 2.77. The van der Waals surface area contributed by atoms with Gasteiger partial charge in [0.2, 0.25) is 0 Å². The third-order valence-electron chi connectivity index (χ3n) is 2.90. The summed E-state index contributed by atoms with van der Waals surface area (Å²) in [5, 5.41) is 15.9. The molecule has 5 nitrogen and oxygen atoms in total. The van der Waals surface area contributed by atoms with Crippen molar-refractivity contribution in [3.05, 3.63) is 62.9 Å². The number of rotatable bonds is 4. The fraction of sp³-hybridized carbons (Fsp3) is 0.0714. The maximum atomic E-state index is 5.95. The molecule has 0 saturated heterocycles. The Balaban J connectivity index is 1.79. The normalized spacial score (nSPS) is 10.6. The minimum absolute atomic E-state index is 0.527. The molecule has 0 radical (unpaired) electrons. The Hall–Kier alpha value is -1.67. The van der Waals surface area contributed by atoms with Crippen molar-refractivity contribution in [3.63, 3.8) is 0 Å². The summed E-state index contributed by atoms with van der Waals surface area (Å²) in [6.45, 7) is 0.527. The number of para-hydroxylation sites is 1. The van der Waals surface area contributed by atoms with Gasteiger partial charge in [-0.05, 0) is 63.3 Å². The third kappa shape index (κ3) is 3.33. The second-order valence-electron chi connectivity index (χ2n) is 4.32. The van der Waals surface area contributed by atoms with Crippen molar-refractivity contribution < 1.29 is 0 Å². The summed E-state index contributed by atoms with van der Waals surface area (Å²) >= 11 is 8.19. The lowest BCUT2D eigenvalue weighted by molar-refractivity contribution is 0.768.